The summed E-state index contributed by atoms with van der Waals surface area (Å²) in [5.74, 6) is 1.05. The second-order valence-electron chi connectivity index (χ2n) is 4.54. The van der Waals surface area contributed by atoms with Crippen LogP contribution < -0.4 is 5.73 Å². The molecule has 0 aliphatic rings. The summed E-state index contributed by atoms with van der Waals surface area (Å²) in [5.41, 5.74) is 7.38. The molecular weight excluding hydrogens is 274 g/mol. The molecule has 2 aromatic rings. The number of hydrogen-bond donors (Lipinski definition) is 1. The third-order valence-electron chi connectivity index (χ3n) is 2.89. The van der Waals surface area contributed by atoms with E-state index in [9.17, 15) is 0 Å². The number of nitrogens with two attached hydrogens (primary N) is 1. The first-order valence-electron chi connectivity index (χ1n) is 6.42. The fourth-order valence-corrected chi connectivity index (χ4v) is 3.13. The van der Waals surface area contributed by atoms with Crippen molar-refractivity contribution in [2.75, 3.05) is 5.75 Å². The summed E-state index contributed by atoms with van der Waals surface area (Å²) in [6, 6.07) is 18.6. The fourth-order valence-electron chi connectivity index (χ4n) is 1.91. The Morgan fingerprint density at radius 3 is 2.58 bits per heavy atom. The zero-order valence-corrected chi connectivity index (χ0v) is 12.3. The monoisotopic (exact) mass is 291 g/mol. The molecule has 0 saturated heterocycles. The lowest BCUT2D eigenvalue weighted by atomic mass is 10.1. The van der Waals surface area contributed by atoms with Gasteiger partial charge in [-0.25, -0.2) is 0 Å². The molecule has 2 rings (SSSR count). The number of halogens is 1. The molecule has 1 nitrogen and oxygen atoms in total. The highest BCUT2D eigenvalue weighted by Crippen LogP contribution is 2.19. The van der Waals surface area contributed by atoms with Crippen molar-refractivity contribution in [3.63, 3.8) is 0 Å². The largest absolute Gasteiger partial charge is 0.327 e. The summed E-state index contributed by atoms with van der Waals surface area (Å²) in [6.07, 6.45) is 1.89. The van der Waals surface area contributed by atoms with Crippen molar-refractivity contribution in [2.24, 2.45) is 5.73 Å². The zero-order valence-electron chi connectivity index (χ0n) is 10.8. The van der Waals surface area contributed by atoms with E-state index in [1.165, 1.54) is 10.5 Å². The maximum Gasteiger partial charge on any atom is 0.0408 e. The normalized spacial score (nSPS) is 12.3. The Balaban J connectivity index is 1.74. The fraction of sp³-hybridized carbons (Fsp3) is 0.250. The molecule has 19 heavy (non-hydrogen) atoms. The molecule has 1 atom stereocenters. The number of rotatable bonds is 6. The molecular formula is C16H18ClNS. The second-order valence-corrected chi connectivity index (χ2v) is 6.15. The minimum absolute atomic E-state index is 0.190. The molecule has 0 amide bonds. The lowest BCUT2D eigenvalue weighted by Crippen LogP contribution is -2.23. The van der Waals surface area contributed by atoms with Gasteiger partial charge < -0.3 is 5.73 Å². The van der Waals surface area contributed by atoms with Gasteiger partial charge in [-0.3, -0.25) is 0 Å². The first kappa shape index (κ1) is 14.4. The van der Waals surface area contributed by atoms with E-state index in [0.717, 1.165) is 23.6 Å². The Bertz CT molecular complexity index is 501. The summed E-state index contributed by atoms with van der Waals surface area (Å²) in [7, 11) is 0. The predicted octanol–water partition coefficient (Wildman–Crippen LogP) is 4.39. The molecule has 0 radical (unpaired) electrons. The van der Waals surface area contributed by atoms with Gasteiger partial charge in [-0.05, 0) is 48.4 Å². The highest BCUT2D eigenvalue weighted by Gasteiger charge is 2.05. The number of hydrogen-bond acceptors (Lipinski definition) is 2. The van der Waals surface area contributed by atoms with Crippen LogP contribution in [0.2, 0.25) is 5.02 Å². The summed E-state index contributed by atoms with van der Waals surface area (Å²) in [5, 5.41) is 0.781. The van der Waals surface area contributed by atoms with Crippen molar-refractivity contribution in [3.05, 3.63) is 65.2 Å². The molecule has 0 spiro atoms. The first-order chi connectivity index (χ1) is 9.24. The lowest BCUT2D eigenvalue weighted by molar-refractivity contribution is 0.652. The molecule has 0 saturated carbocycles. The van der Waals surface area contributed by atoms with Gasteiger partial charge in [-0.2, -0.15) is 0 Å². The third kappa shape index (κ3) is 5.27. The maximum atomic E-state index is 6.16. The van der Waals surface area contributed by atoms with Crippen LogP contribution in [0.5, 0.6) is 0 Å². The molecule has 1 unspecified atom stereocenters. The van der Waals surface area contributed by atoms with Gasteiger partial charge in [0.05, 0.1) is 0 Å². The highest BCUT2D eigenvalue weighted by atomic mass is 35.5. The minimum Gasteiger partial charge on any atom is -0.327 e. The van der Waals surface area contributed by atoms with Crippen LogP contribution in [0.4, 0.5) is 0 Å². The van der Waals surface area contributed by atoms with Crippen LogP contribution >= 0.6 is 23.4 Å². The number of benzene rings is 2. The van der Waals surface area contributed by atoms with E-state index in [1.54, 1.807) is 0 Å². The first-order valence-corrected chi connectivity index (χ1v) is 7.78. The van der Waals surface area contributed by atoms with Crippen molar-refractivity contribution < 1.29 is 0 Å². The Labute approximate surface area is 124 Å². The molecule has 0 bridgehead atoms. The second kappa shape index (κ2) is 7.59. The summed E-state index contributed by atoms with van der Waals surface area (Å²) in [6.45, 7) is 0. The van der Waals surface area contributed by atoms with Crippen LogP contribution in [0.1, 0.15) is 12.0 Å². The smallest absolute Gasteiger partial charge is 0.0408 e. The van der Waals surface area contributed by atoms with E-state index in [2.05, 4.69) is 30.3 Å². The molecule has 0 aliphatic heterocycles. The summed E-state index contributed by atoms with van der Waals surface area (Å²) in [4.78, 5) is 1.30. The molecule has 0 aliphatic carbocycles. The van der Waals surface area contributed by atoms with Gasteiger partial charge in [0.25, 0.3) is 0 Å². The number of thioether (sulfide) groups is 1. The van der Waals surface area contributed by atoms with Gasteiger partial charge in [0, 0.05) is 16.0 Å². The van der Waals surface area contributed by atoms with E-state index < -0.39 is 0 Å². The van der Waals surface area contributed by atoms with Crippen molar-refractivity contribution in [1.29, 1.82) is 0 Å². The van der Waals surface area contributed by atoms with Gasteiger partial charge in [0.1, 0.15) is 0 Å². The zero-order chi connectivity index (χ0) is 13.5. The average molecular weight is 292 g/mol. The van der Waals surface area contributed by atoms with Crippen LogP contribution in [-0.4, -0.2) is 11.8 Å². The Morgan fingerprint density at radius 1 is 1.05 bits per heavy atom. The predicted molar refractivity (Wildman–Crippen MR) is 84.9 cm³/mol. The molecule has 2 N–H and O–H groups in total. The standard InChI is InChI=1S/C16H18ClNS/c17-14-6-4-5-13(11-14)12-15(18)9-10-19-16-7-2-1-3-8-16/h1-8,11,15H,9-10,12,18H2. The van der Waals surface area contributed by atoms with Crippen molar-refractivity contribution >= 4 is 23.4 Å². The topological polar surface area (TPSA) is 26.0 Å². The van der Waals surface area contributed by atoms with Gasteiger partial charge in [0.2, 0.25) is 0 Å². The third-order valence-corrected chi connectivity index (χ3v) is 4.17. The van der Waals surface area contributed by atoms with Crippen LogP contribution in [0.25, 0.3) is 0 Å². The van der Waals surface area contributed by atoms with Crippen LogP contribution in [0.15, 0.2) is 59.5 Å². The Hall–Kier alpha value is -0.960. The quantitative estimate of drug-likeness (QED) is 0.799. The van der Waals surface area contributed by atoms with Crippen molar-refractivity contribution in [1.82, 2.24) is 0 Å². The highest BCUT2D eigenvalue weighted by molar-refractivity contribution is 7.99. The molecule has 100 valence electrons. The van der Waals surface area contributed by atoms with E-state index >= 15 is 0 Å². The molecule has 3 heteroatoms. The molecule has 0 heterocycles. The van der Waals surface area contributed by atoms with Crippen LogP contribution in [-0.2, 0) is 6.42 Å². The Morgan fingerprint density at radius 2 is 1.84 bits per heavy atom. The maximum absolute atomic E-state index is 6.16. The molecule has 0 aromatic heterocycles. The minimum atomic E-state index is 0.190. The average Bonchev–Trinajstić information content (AvgIpc) is 2.40. The van der Waals surface area contributed by atoms with Crippen LogP contribution in [0, 0.1) is 0 Å². The summed E-state index contributed by atoms with van der Waals surface area (Å²) >= 11 is 7.82. The van der Waals surface area contributed by atoms with Gasteiger partial charge in [-0.15, -0.1) is 11.8 Å². The Kier molecular flexibility index (Phi) is 5.77. The van der Waals surface area contributed by atoms with Gasteiger partial charge in [-0.1, -0.05) is 41.9 Å². The van der Waals surface area contributed by atoms with Gasteiger partial charge >= 0.3 is 0 Å². The summed E-state index contributed by atoms with van der Waals surface area (Å²) < 4.78 is 0. The van der Waals surface area contributed by atoms with Crippen molar-refractivity contribution in [3.8, 4) is 0 Å². The molecule has 0 fully saturated rings. The molecule has 2 aromatic carbocycles. The van der Waals surface area contributed by atoms with E-state index in [4.69, 9.17) is 17.3 Å². The lowest BCUT2D eigenvalue weighted by Gasteiger charge is -2.11. The van der Waals surface area contributed by atoms with Gasteiger partial charge in [0.15, 0.2) is 0 Å². The van der Waals surface area contributed by atoms with Crippen LogP contribution in [0.3, 0.4) is 0 Å². The van der Waals surface area contributed by atoms with Crippen molar-refractivity contribution in [2.45, 2.75) is 23.8 Å². The SMILES string of the molecule is NC(CCSc1ccccc1)Cc1cccc(Cl)c1. The van der Waals surface area contributed by atoms with E-state index in [-0.39, 0.29) is 6.04 Å². The van der Waals surface area contributed by atoms with E-state index in [0.29, 0.717) is 0 Å². The van der Waals surface area contributed by atoms with E-state index in [1.807, 2.05) is 36.0 Å².